The first-order valence-electron chi connectivity index (χ1n) is 9.04. The molecule has 0 aromatic carbocycles. The Morgan fingerprint density at radius 1 is 1.43 bits per heavy atom. The predicted octanol–water partition coefficient (Wildman–Crippen LogP) is 4.01. The van der Waals surface area contributed by atoms with Crippen LogP contribution in [0.5, 0.6) is 0 Å². The molecular formula is C17H23BrN4O3S3. The Labute approximate surface area is 181 Å². The van der Waals surface area contributed by atoms with Gasteiger partial charge in [-0.1, -0.05) is 18.3 Å². The van der Waals surface area contributed by atoms with Crippen molar-refractivity contribution in [3.63, 3.8) is 0 Å². The van der Waals surface area contributed by atoms with E-state index in [4.69, 9.17) is 0 Å². The van der Waals surface area contributed by atoms with Crippen LogP contribution in [0.2, 0.25) is 0 Å². The van der Waals surface area contributed by atoms with Crippen molar-refractivity contribution in [2.45, 2.75) is 50.4 Å². The molecule has 0 radical (unpaired) electrons. The number of piperidine rings is 1. The molecule has 0 bridgehead atoms. The molecule has 1 amide bonds. The Kier molecular flexibility index (Phi) is 6.93. The second-order valence-electron chi connectivity index (χ2n) is 6.54. The van der Waals surface area contributed by atoms with E-state index in [0.29, 0.717) is 15.9 Å². The molecule has 0 spiro atoms. The number of hydrogen-bond acceptors (Lipinski definition) is 7. The molecule has 1 saturated heterocycles. The third-order valence-electron chi connectivity index (χ3n) is 4.49. The number of rotatable bonds is 6. The smallest absolute Gasteiger partial charge is 0.253 e. The minimum Gasteiger partial charge on any atom is -0.302 e. The van der Waals surface area contributed by atoms with E-state index in [1.807, 2.05) is 13.8 Å². The summed E-state index contributed by atoms with van der Waals surface area (Å²) < 4.78 is 29.2. The maximum atomic E-state index is 13.3. The van der Waals surface area contributed by atoms with E-state index in [1.165, 1.54) is 29.6 Å². The molecule has 3 rings (SSSR count). The molecule has 28 heavy (non-hydrogen) atoms. The van der Waals surface area contributed by atoms with E-state index in [9.17, 15) is 13.2 Å². The van der Waals surface area contributed by atoms with Gasteiger partial charge in [0.2, 0.25) is 5.91 Å². The van der Waals surface area contributed by atoms with Crippen LogP contribution in [0, 0.1) is 6.92 Å². The first-order valence-corrected chi connectivity index (χ1v) is 12.9. The van der Waals surface area contributed by atoms with Gasteiger partial charge in [0.1, 0.15) is 4.21 Å². The van der Waals surface area contributed by atoms with Crippen molar-refractivity contribution in [1.82, 2.24) is 14.6 Å². The number of thiazole rings is 1. The summed E-state index contributed by atoms with van der Waals surface area (Å²) in [6, 6.07) is 1.70. The molecule has 1 unspecified atom stereocenters. The van der Waals surface area contributed by atoms with Gasteiger partial charge >= 0.3 is 0 Å². The number of carbonyl (C=O) groups is 1. The maximum Gasteiger partial charge on any atom is 0.253 e. The zero-order valence-electron chi connectivity index (χ0n) is 15.9. The van der Waals surface area contributed by atoms with Crippen molar-refractivity contribution in [1.29, 1.82) is 0 Å². The van der Waals surface area contributed by atoms with Crippen LogP contribution in [0.3, 0.4) is 0 Å². The van der Waals surface area contributed by atoms with E-state index in [-0.39, 0.29) is 12.1 Å². The predicted molar refractivity (Wildman–Crippen MR) is 117 cm³/mol. The number of sulfonamides is 1. The van der Waals surface area contributed by atoms with Gasteiger partial charge < -0.3 is 10.6 Å². The molecule has 3 heterocycles. The number of aryl methyl sites for hydroxylation is 1. The van der Waals surface area contributed by atoms with Crippen molar-refractivity contribution in [3.05, 3.63) is 15.5 Å². The minimum absolute atomic E-state index is 0.162. The number of amides is 1. The molecule has 0 aliphatic carbocycles. The van der Waals surface area contributed by atoms with Crippen LogP contribution < -0.4 is 10.6 Å². The normalized spacial score (nSPS) is 17.8. The summed E-state index contributed by atoms with van der Waals surface area (Å²) in [4.78, 5) is 16.5. The summed E-state index contributed by atoms with van der Waals surface area (Å²) >= 11 is 6.06. The summed E-state index contributed by atoms with van der Waals surface area (Å²) in [7, 11) is -3.61. The molecule has 2 aromatic heterocycles. The highest BCUT2D eigenvalue weighted by Gasteiger charge is 2.33. The number of aromatic nitrogens is 1. The van der Waals surface area contributed by atoms with E-state index < -0.39 is 10.0 Å². The highest BCUT2D eigenvalue weighted by atomic mass is 79.9. The zero-order valence-corrected chi connectivity index (χ0v) is 19.9. The fraction of sp³-hybridized carbons (Fsp3) is 0.529. The average Bonchev–Trinajstić information content (AvgIpc) is 3.18. The van der Waals surface area contributed by atoms with Crippen molar-refractivity contribution >= 4 is 59.7 Å². The van der Waals surface area contributed by atoms with E-state index >= 15 is 0 Å². The Morgan fingerprint density at radius 3 is 2.79 bits per heavy atom. The molecule has 0 saturated carbocycles. The second kappa shape index (κ2) is 8.88. The maximum absolute atomic E-state index is 13.3. The molecule has 154 valence electrons. The van der Waals surface area contributed by atoms with Crippen molar-refractivity contribution < 1.29 is 13.2 Å². The Morgan fingerprint density at radius 2 is 2.18 bits per heavy atom. The molecule has 1 fully saturated rings. The van der Waals surface area contributed by atoms with Gasteiger partial charge in [-0.3, -0.25) is 4.79 Å². The molecular weight excluding hydrogens is 484 g/mol. The van der Waals surface area contributed by atoms with Gasteiger partial charge in [-0.15, -0.1) is 11.3 Å². The van der Waals surface area contributed by atoms with Crippen molar-refractivity contribution in [2.24, 2.45) is 0 Å². The number of hydrogen-bond donors (Lipinski definition) is 2. The molecule has 2 N–H and O–H groups in total. The van der Waals surface area contributed by atoms with Gasteiger partial charge in [0.25, 0.3) is 10.0 Å². The molecule has 1 aliphatic heterocycles. The van der Waals surface area contributed by atoms with Crippen LogP contribution in [0.1, 0.15) is 38.8 Å². The van der Waals surface area contributed by atoms with Gasteiger partial charge in [0.15, 0.2) is 5.13 Å². The van der Waals surface area contributed by atoms with Crippen molar-refractivity contribution in [3.8, 4) is 10.4 Å². The molecule has 2 aromatic rings. The number of nitrogens with zero attached hydrogens (tertiary/aromatic N) is 2. The Balaban J connectivity index is 1.94. The molecule has 7 nitrogen and oxygen atoms in total. The molecule has 1 atom stereocenters. The first-order chi connectivity index (χ1) is 13.2. The van der Waals surface area contributed by atoms with Crippen LogP contribution in [-0.2, 0) is 14.8 Å². The monoisotopic (exact) mass is 506 g/mol. The number of halogens is 1. The summed E-state index contributed by atoms with van der Waals surface area (Å²) in [6.07, 6.45) is 2.75. The van der Waals surface area contributed by atoms with Crippen LogP contribution in [0.25, 0.3) is 10.4 Å². The largest absolute Gasteiger partial charge is 0.302 e. The lowest BCUT2D eigenvalue weighted by molar-refractivity contribution is -0.114. The highest BCUT2D eigenvalue weighted by Crippen LogP contribution is 2.43. The van der Waals surface area contributed by atoms with Gasteiger partial charge in [-0.05, 0) is 54.7 Å². The number of anilines is 1. The van der Waals surface area contributed by atoms with E-state index in [0.717, 1.165) is 45.7 Å². The topological polar surface area (TPSA) is 91.4 Å². The average molecular weight is 508 g/mol. The van der Waals surface area contributed by atoms with Crippen LogP contribution in [0.15, 0.2) is 14.1 Å². The number of thiophene rings is 1. The van der Waals surface area contributed by atoms with Crippen LogP contribution in [-0.4, -0.2) is 42.9 Å². The van der Waals surface area contributed by atoms with Gasteiger partial charge in [0.05, 0.1) is 20.5 Å². The summed E-state index contributed by atoms with van der Waals surface area (Å²) in [6.45, 7) is 6.39. The quantitative estimate of drug-likeness (QED) is 0.617. The lowest BCUT2D eigenvalue weighted by Gasteiger charge is -2.33. The third-order valence-corrected chi connectivity index (χ3v) is 9.87. The summed E-state index contributed by atoms with van der Waals surface area (Å²) in [5.74, 6) is -0.188. The van der Waals surface area contributed by atoms with Crippen LogP contribution >= 0.6 is 38.6 Å². The Bertz CT molecular complexity index is 964. The van der Waals surface area contributed by atoms with Crippen molar-refractivity contribution in [2.75, 3.05) is 18.4 Å². The van der Waals surface area contributed by atoms with E-state index in [1.54, 1.807) is 10.4 Å². The first kappa shape index (κ1) is 21.8. The zero-order chi connectivity index (χ0) is 20.5. The van der Waals surface area contributed by atoms with Gasteiger partial charge in [0, 0.05) is 19.0 Å². The third kappa shape index (κ3) is 4.49. The lowest BCUT2D eigenvalue weighted by Crippen LogP contribution is -2.50. The van der Waals surface area contributed by atoms with Gasteiger partial charge in [-0.2, -0.15) is 4.31 Å². The fourth-order valence-electron chi connectivity index (χ4n) is 3.23. The standard InChI is InChI=1S/C17H23BrN4O3S3/c1-4-22(13-7-5-6-8-19-13)28(24,25)14-9-12(16(18)26-14)15-10(2)20-17(27-15)21-11(3)23/h9,13,19H,4-8H2,1-3H3,(H,20,21,23). The number of carbonyl (C=O) groups excluding carboxylic acids is 1. The summed E-state index contributed by atoms with van der Waals surface area (Å²) in [5.41, 5.74) is 1.53. The second-order valence-corrected chi connectivity index (χ2v) is 12.0. The Hall–Kier alpha value is -0.850. The molecule has 11 heteroatoms. The fourth-order valence-corrected chi connectivity index (χ4v) is 8.56. The highest BCUT2D eigenvalue weighted by molar-refractivity contribution is 9.11. The summed E-state index contributed by atoms with van der Waals surface area (Å²) in [5, 5.41) is 6.51. The van der Waals surface area contributed by atoms with Gasteiger partial charge in [-0.25, -0.2) is 13.4 Å². The number of nitrogens with one attached hydrogen (secondary N) is 2. The van der Waals surface area contributed by atoms with Crippen LogP contribution in [0.4, 0.5) is 5.13 Å². The van der Waals surface area contributed by atoms with E-state index in [2.05, 4.69) is 31.5 Å². The SMILES string of the molecule is CCN(C1CCCCN1)S(=O)(=O)c1cc(-c2sc(NC(C)=O)nc2C)c(Br)s1. The molecule has 1 aliphatic rings. The minimum atomic E-state index is -3.61. The lowest BCUT2D eigenvalue weighted by atomic mass is 10.1.